The van der Waals surface area contributed by atoms with E-state index >= 15 is 0 Å². The highest BCUT2D eigenvalue weighted by Gasteiger charge is 2.24. The Hall–Kier alpha value is -2.14. The molecular weight excluding hydrogens is 332 g/mol. The van der Waals surface area contributed by atoms with Gasteiger partial charge in [-0.3, -0.25) is 5.73 Å². The van der Waals surface area contributed by atoms with Crippen LogP contribution in [0.2, 0.25) is 0 Å². The molecule has 0 aliphatic carbocycles. The molecular formula is C16H15BrN2O2. The number of carboxylic acids is 1. The number of rotatable bonds is 2. The van der Waals surface area contributed by atoms with Crippen molar-refractivity contribution in [2.75, 3.05) is 0 Å². The van der Waals surface area contributed by atoms with Gasteiger partial charge in [-0.2, -0.15) is 0 Å². The van der Waals surface area contributed by atoms with Gasteiger partial charge < -0.3 is 22.1 Å². The minimum Gasteiger partial charge on any atom is -1.00 e. The normalized spacial score (nSPS) is 13.3. The molecule has 3 N–H and O–H groups in total. The second-order valence-corrected chi connectivity index (χ2v) is 4.85. The minimum atomic E-state index is -0.938. The third-order valence-corrected chi connectivity index (χ3v) is 3.59. The number of nitrogens with two attached hydrogens (primary N) is 1. The van der Waals surface area contributed by atoms with E-state index in [1.807, 2.05) is 22.8 Å². The first-order valence-electron chi connectivity index (χ1n) is 6.45. The Bertz CT molecular complexity index is 726. The van der Waals surface area contributed by atoms with Gasteiger partial charge in [-0.05, 0) is 23.3 Å². The van der Waals surface area contributed by atoms with Crippen LogP contribution < -0.4 is 22.7 Å². The molecule has 0 amide bonds. The topological polar surface area (TPSA) is 66.3 Å². The van der Waals surface area contributed by atoms with Crippen LogP contribution in [0.5, 0.6) is 0 Å². The molecule has 0 spiro atoms. The van der Waals surface area contributed by atoms with Gasteiger partial charge in [-0.1, -0.05) is 36.4 Å². The highest BCUT2D eigenvalue weighted by molar-refractivity contribution is 5.93. The van der Waals surface area contributed by atoms with Gasteiger partial charge in [-0.15, -0.1) is 0 Å². The van der Waals surface area contributed by atoms with Crippen molar-refractivity contribution in [3.63, 3.8) is 0 Å². The monoisotopic (exact) mass is 346 g/mol. The summed E-state index contributed by atoms with van der Waals surface area (Å²) in [5, 5.41) is 9.30. The minimum absolute atomic E-state index is 0. The maximum atomic E-state index is 11.3. The Morgan fingerprint density at radius 2 is 1.67 bits per heavy atom. The van der Waals surface area contributed by atoms with Crippen molar-refractivity contribution in [2.24, 2.45) is 5.73 Å². The molecule has 0 saturated carbocycles. The van der Waals surface area contributed by atoms with Crippen molar-refractivity contribution in [1.82, 2.24) is 0 Å². The number of hydrogen-bond donors (Lipinski definition) is 2. The number of amidine groups is 1. The molecule has 4 nitrogen and oxygen atoms in total. The van der Waals surface area contributed by atoms with Gasteiger partial charge in [0, 0.05) is 0 Å². The molecule has 0 unspecified atom stereocenters. The number of fused-ring (bicyclic) bond motifs is 1. The van der Waals surface area contributed by atoms with Crippen LogP contribution in [0.15, 0.2) is 48.5 Å². The fraction of sp³-hybridized carbons (Fsp3) is 0.125. The molecule has 0 aromatic heterocycles. The average molecular weight is 347 g/mol. The molecule has 2 aromatic carbocycles. The largest absolute Gasteiger partial charge is 1.00 e. The standard InChI is InChI=1S/C16H14N2O2.BrH/c17-15-9-11-5-1-2-6-12(11)10-18(15)14-8-4-3-7-13(14)16(19)20;/h1-8,17H,9-10H2,(H,19,20);1H. The molecule has 3 rings (SSSR count). The predicted molar refractivity (Wildman–Crippen MR) is 76.4 cm³/mol. The zero-order valence-electron chi connectivity index (χ0n) is 11.3. The molecule has 1 aliphatic heterocycles. The van der Waals surface area contributed by atoms with E-state index in [2.05, 4.69) is 12.1 Å². The molecule has 5 heteroatoms. The lowest BCUT2D eigenvalue weighted by atomic mass is 10.00. The van der Waals surface area contributed by atoms with Crippen molar-refractivity contribution >= 4 is 17.5 Å². The van der Waals surface area contributed by atoms with Gasteiger partial charge in [0.15, 0.2) is 0 Å². The Morgan fingerprint density at radius 1 is 1.05 bits per heavy atom. The number of nitrogens with zero attached hydrogens (tertiary/aromatic N) is 1. The van der Waals surface area contributed by atoms with E-state index in [0.29, 0.717) is 24.5 Å². The summed E-state index contributed by atoms with van der Waals surface area (Å²) >= 11 is 0. The van der Waals surface area contributed by atoms with Gasteiger partial charge in [0.1, 0.15) is 17.8 Å². The zero-order chi connectivity index (χ0) is 14.1. The van der Waals surface area contributed by atoms with Gasteiger partial charge in [-0.25, -0.2) is 9.37 Å². The number of benzene rings is 2. The van der Waals surface area contributed by atoms with Gasteiger partial charge in [0.05, 0.1) is 6.42 Å². The first kappa shape index (κ1) is 15.3. The molecule has 1 aliphatic rings. The van der Waals surface area contributed by atoms with E-state index in [0.717, 1.165) is 0 Å². The highest BCUT2D eigenvalue weighted by Crippen LogP contribution is 2.25. The molecule has 0 bridgehead atoms. The lowest BCUT2D eigenvalue weighted by molar-refractivity contribution is -0.462. The van der Waals surface area contributed by atoms with Crippen LogP contribution in [0.3, 0.4) is 0 Å². The summed E-state index contributed by atoms with van der Waals surface area (Å²) < 4.78 is 1.88. The van der Waals surface area contributed by atoms with Crippen molar-refractivity contribution in [1.29, 1.82) is 0 Å². The van der Waals surface area contributed by atoms with E-state index in [9.17, 15) is 9.90 Å². The number of hydrogen-bond acceptors (Lipinski definition) is 2. The van der Waals surface area contributed by atoms with E-state index < -0.39 is 5.97 Å². The molecule has 0 atom stereocenters. The molecule has 1 heterocycles. The third-order valence-electron chi connectivity index (χ3n) is 3.59. The summed E-state index contributed by atoms with van der Waals surface area (Å²) in [7, 11) is 0. The summed E-state index contributed by atoms with van der Waals surface area (Å²) in [4.78, 5) is 11.3. The van der Waals surface area contributed by atoms with Crippen LogP contribution in [0, 0.1) is 0 Å². The van der Waals surface area contributed by atoms with Gasteiger partial charge >= 0.3 is 5.97 Å². The maximum Gasteiger partial charge on any atom is 0.340 e. The van der Waals surface area contributed by atoms with Gasteiger partial charge in [0.25, 0.3) is 5.84 Å². The summed E-state index contributed by atoms with van der Waals surface area (Å²) in [5.41, 5.74) is 9.45. The Labute approximate surface area is 133 Å². The van der Waals surface area contributed by atoms with Crippen LogP contribution in [-0.4, -0.2) is 21.5 Å². The molecule has 0 fully saturated rings. The van der Waals surface area contributed by atoms with Crippen LogP contribution in [0.25, 0.3) is 0 Å². The van der Waals surface area contributed by atoms with Crippen molar-refractivity contribution < 1.29 is 31.5 Å². The van der Waals surface area contributed by atoms with Crippen molar-refractivity contribution in [2.45, 2.75) is 13.0 Å². The van der Waals surface area contributed by atoms with Crippen LogP contribution in [0.1, 0.15) is 21.5 Å². The average Bonchev–Trinajstić information content (AvgIpc) is 2.46. The number of para-hydroxylation sites is 1. The molecule has 0 radical (unpaired) electrons. The Kier molecular flexibility index (Phi) is 4.43. The van der Waals surface area contributed by atoms with Crippen LogP contribution >= 0.6 is 0 Å². The first-order valence-corrected chi connectivity index (χ1v) is 6.45. The lowest BCUT2D eigenvalue weighted by Crippen LogP contribution is -3.00. The third kappa shape index (κ3) is 2.83. The van der Waals surface area contributed by atoms with Gasteiger partial charge in [0.2, 0.25) is 0 Å². The Balaban J connectivity index is 0.00000161. The molecule has 108 valence electrons. The molecule has 21 heavy (non-hydrogen) atoms. The van der Waals surface area contributed by atoms with E-state index in [-0.39, 0.29) is 22.5 Å². The number of aromatic carboxylic acids is 1. The highest BCUT2D eigenvalue weighted by atomic mass is 79.9. The molecule has 2 aromatic rings. The van der Waals surface area contributed by atoms with E-state index in [1.165, 1.54) is 11.1 Å². The van der Waals surface area contributed by atoms with E-state index in [1.54, 1.807) is 18.2 Å². The number of carboxylic acid groups (broad SMARTS) is 1. The smallest absolute Gasteiger partial charge is 0.340 e. The van der Waals surface area contributed by atoms with Crippen molar-refractivity contribution in [3.8, 4) is 0 Å². The zero-order valence-corrected chi connectivity index (χ0v) is 12.9. The fourth-order valence-electron chi connectivity index (χ4n) is 2.58. The number of halogens is 1. The van der Waals surface area contributed by atoms with Crippen LogP contribution in [0.4, 0.5) is 5.69 Å². The van der Waals surface area contributed by atoms with Crippen molar-refractivity contribution in [3.05, 3.63) is 65.2 Å². The summed E-state index contributed by atoms with van der Waals surface area (Å²) in [6.45, 7) is 0.603. The predicted octanol–water partition coefficient (Wildman–Crippen LogP) is -0.854. The Morgan fingerprint density at radius 3 is 2.38 bits per heavy atom. The fourth-order valence-corrected chi connectivity index (χ4v) is 2.58. The summed E-state index contributed by atoms with van der Waals surface area (Å²) in [6, 6.07) is 15.0. The maximum absolute atomic E-state index is 11.3. The summed E-state index contributed by atoms with van der Waals surface area (Å²) in [6.07, 6.45) is 0.643. The summed E-state index contributed by atoms with van der Waals surface area (Å²) in [5.74, 6) is -0.260. The molecule has 0 saturated heterocycles. The van der Waals surface area contributed by atoms with Crippen LogP contribution in [-0.2, 0) is 13.0 Å². The SMILES string of the molecule is NC1=[N+](c2ccccc2C(=O)O)Cc2ccccc2C1.[Br-]. The number of carbonyl (C=O) groups is 1. The van der Waals surface area contributed by atoms with E-state index in [4.69, 9.17) is 5.73 Å². The second kappa shape index (κ2) is 6.10. The quantitative estimate of drug-likeness (QED) is 0.696. The first-order chi connectivity index (χ1) is 9.66. The second-order valence-electron chi connectivity index (χ2n) is 4.85. The lowest BCUT2D eigenvalue weighted by Gasteiger charge is -2.19.